The highest BCUT2D eigenvalue weighted by molar-refractivity contribution is 6.22. The van der Waals surface area contributed by atoms with Crippen LogP contribution in [0.4, 0.5) is 0 Å². The van der Waals surface area contributed by atoms with Gasteiger partial charge in [-0.05, 0) is 65.2 Å². The second-order valence-corrected chi connectivity index (χ2v) is 10.4. The number of amides is 2. The highest BCUT2D eigenvalue weighted by atomic mass is 16.5. The van der Waals surface area contributed by atoms with Gasteiger partial charge in [-0.15, -0.1) is 0 Å². The fourth-order valence-electron chi connectivity index (χ4n) is 4.94. The Labute approximate surface area is 195 Å². The average Bonchev–Trinajstić information content (AvgIpc) is 2.97. The number of unbranched alkanes of at least 4 members (excludes halogenated alkanes) is 1. The Morgan fingerprint density at radius 1 is 1.12 bits per heavy atom. The lowest BCUT2D eigenvalue weighted by Crippen LogP contribution is -2.62. The summed E-state index contributed by atoms with van der Waals surface area (Å²) in [4.78, 5) is 40.1. The number of aliphatic hydroxyl groups excluding tert-OH is 1. The second kappa shape index (κ2) is 9.91. The van der Waals surface area contributed by atoms with E-state index in [1.165, 1.54) is 23.1 Å². The topological polar surface area (TPSA) is 105 Å². The normalized spacial score (nSPS) is 20.6. The second-order valence-electron chi connectivity index (χ2n) is 10.4. The van der Waals surface area contributed by atoms with Crippen molar-refractivity contribution in [3.8, 4) is 0 Å². The van der Waals surface area contributed by atoms with Crippen molar-refractivity contribution in [3.05, 3.63) is 34.9 Å². The number of hydrogen-bond acceptors (Lipinski definition) is 7. The van der Waals surface area contributed by atoms with E-state index in [2.05, 4.69) is 33.0 Å². The zero-order chi connectivity index (χ0) is 24.4. The van der Waals surface area contributed by atoms with E-state index in [9.17, 15) is 19.5 Å². The van der Waals surface area contributed by atoms with E-state index in [1.54, 1.807) is 0 Å². The van der Waals surface area contributed by atoms with E-state index >= 15 is 0 Å². The number of piperidine rings is 1. The number of hydrogen-bond donors (Lipinski definition) is 2. The monoisotopic (exact) mass is 460 g/mol. The number of imide groups is 1. The van der Waals surface area contributed by atoms with Crippen LogP contribution in [0, 0.1) is 0 Å². The largest absolute Gasteiger partial charge is 0.459 e. The molecule has 1 aromatic rings. The van der Waals surface area contributed by atoms with Gasteiger partial charge in [0.25, 0.3) is 11.8 Å². The maximum atomic E-state index is 13.2. The first-order valence-corrected chi connectivity index (χ1v) is 11.7. The molecule has 0 saturated carbocycles. The summed E-state index contributed by atoms with van der Waals surface area (Å²) in [5.74, 6) is -1.37. The molecule has 2 aliphatic heterocycles. The first-order valence-electron chi connectivity index (χ1n) is 11.7. The number of rotatable bonds is 9. The molecular weight excluding hydrogens is 424 g/mol. The van der Waals surface area contributed by atoms with Crippen LogP contribution < -0.4 is 5.32 Å². The molecule has 1 aromatic carbocycles. The van der Waals surface area contributed by atoms with Crippen LogP contribution in [0.3, 0.4) is 0 Å². The highest BCUT2D eigenvalue weighted by Gasteiger charge is 2.47. The summed E-state index contributed by atoms with van der Waals surface area (Å²) < 4.78 is 10.5. The van der Waals surface area contributed by atoms with E-state index in [0.717, 1.165) is 12.8 Å². The summed E-state index contributed by atoms with van der Waals surface area (Å²) in [6.45, 7) is 10.7. The molecule has 182 valence electrons. The van der Waals surface area contributed by atoms with Gasteiger partial charge in [0.1, 0.15) is 12.7 Å². The van der Waals surface area contributed by atoms with Crippen LogP contribution >= 0.6 is 0 Å². The van der Waals surface area contributed by atoms with Crippen molar-refractivity contribution in [1.29, 1.82) is 0 Å². The van der Waals surface area contributed by atoms with E-state index in [1.807, 2.05) is 6.92 Å². The molecule has 1 unspecified atom stereocenters. The molecule has 8 heteroatoms. The standard InChI is InChI=1S/C25H36N2O6/c1-6-7-10-32-14-18(28)15-33-23(31)16-8-9-19-20(11-16)22(30)27(21(19)29)17-12-24(2,3)26-25(4,5)13-17/h8-9,11,17-18,26,28H,6-7,10,12-15H2,1-5H3. The summed E-state index contributed by atoms with van der Waals surface area (Å²) in [6.07, 6.45) is 2.27. The van der Waals surface area contributed by atoms with E-state index < -0.39 is 12.1 Å². The van der Waals surface area contributed by atoms with Crippen LogP contribution in [0.1, 0.15) is 91.4 Å². The Morgan fingerprint density at radius 3 is 2.39 bits per heavy atom. The maximum absolute atomic E-state index is 13.2. The number of esters is 1. The number of nitrogens with zero attached hydrogens (tertiary/aromatic N) is 1. The molecule has 3 rings (SSSR count). The minimum Gasteiger partial charge on any atom is -0.459 e. The fourth-order valence-corrected chi connectivity index (χ4v) is 4.94. The summed E-state index contributed by atoms with van der Waals surface area (Å²) in [7, 11) is 0. The van der Waals surface area contributed by atoms with Gasteiger partial charge in [0.2, 0.25) is 0 Å². The zero-order valence-corrected chi connectivity index (χ0v) is 20.3. The highest BCUT2D eigenvalue weighted by Crippen LogP contribution is 2.36. The molecule has 2 aliphatic rings. The van der Waals surface area contributed by atoms with Gasteiger partial charge in [0.15, 0.2) is 0 Å². The number of benzene rings is 1. The van der Waals surface area contributed by atoms with E-state index in [-0.39, 0.29) is 53.3 Å². The van der Waals surface area contributed by atoms with Crippen molar-refractivity contribution < 1.29 is 29.0 Å². The Hall–Kier alpha value is -2.29. The molecule has 0 aliphatic carbocycles. The van der Waals surface area contributed by atoms with Crippen molar-refractivity contribution in [1.82, 2.24) is 10.2 Å². The predicted octanol–water partition coefficient (Wildman–Crippen LogP) is 2.93. The SMILES string of the molecule is CCCCOCC(O)COC(=O)c1ccc2c(c1)C(=O)N(C1CC(C)(C)NC(C)(C)C1)C2=O. The van der Waals surface area contributed by atoms with Crippen LogP contribution in [0.2, 0.25) is 0 Å². The third kappa shape index (κ3) is 5.99. The van der Waals surface area contributed by atoms with Gasteiger partial charge < -0.3 is 19.9 Å². The van der Waals surface area contributed by atoms with Crippen LogP contribution in [0.5, 0.6) is 0 Å². The summed E-state index contributed by atoms with van der Waals surface area (Å²) in [5.41, 5.74) is 0.235. The quantitative estimate of drug-likeness (QED) is 0.332. The third-order valence-corrected chi connectivity index (χ3v) is 6.05. The molecule has 0 aromatic heterocycles. The van der Waals surface area contributed by atoms with Gasteiger partial charge >= 0.3 is 5.97 Å². The Morgan fingerprint density at radius 2 is 1.76 bits per heavy atom. The Balaban J connectivity index is 1.67. The maximum Gasteiger partial charge on any atom is 0.338 e. The van der Waals surface area contributed by atoms with Crippen molar-refractivity contribution in [2.45, 2.75) is 83.5 Å². The van der Waals surface area contributed by atoms with Crippen LogP contribution in [-0.2, 0) is 9.47 Å². The number of carbonyl (C=O) groups is 3. The van der Waals surface area contributed by atoms with Crippen LogP contribution in [0.15, 0.2) is 18.2 Å². The first-order chi connectivity index (χ1) is 15.4. The zero-order valence-electron chi connectivity index (χ0n) is 20.3. The smallest absolute Gasteiger partial charge is 0.338 e. The number of aliphatic hydroxyl groups is 1. The number of carbonyl (C=O) groups excluding carboxylic acids is 3. The molecule has 2 amide bonds. The molecule has 2 heterocycles. The van der Waals surface area contributed by atoms with Gasteiger partial charge in [-0.1, -0.05) is 13.3 Å². The van der Waals surface area contributed by atoms with Crippen LogP contribution in [-0.4, -0.2) is 70.8 Å². The van der Waals surface area contributed by atoms with Gasteiger partial charge in [0.05, 0.1) is 23.3 Å². The lowest BCUT2D eigenvalue weighted by atomic mass is 9.79. The summed E-state index contributed by atoms with van der Waals surface area (Å²) in [6, 6.07) is 4.17. The molecule has 1 saturated heterocycles. The molecule has 33 heavy (non-hydrogen) atoms. The fraction of sp³-hybridized carbons (Fsp3) is 0.640. The molecule has 0 spiro atoms. The average molecular weight is 461 g/mol. The molecule has 0 radical (unpaired) electrons. The van der Waals surface area contributed by atoms with Gasteiger partial charge in [-0.3, -0.25) is 14.5 Å². The molecule has 0 bridgehead atoms. The Bertz CT molecular complexity index is 894. The van der Waals surface area contributed by atoms with Crippen molar-refractivity contribution in [2.24, 2.45) is 0 Å². The Kier molecular flexibility index (Phi) is 7.61. The molecule has 8 nitrogen and oxygen atoms in total. The van der Waals surface area contributed by atoms with E-state index in [4.69, 9.17) is 9.47 Å². The molecule has 1 atom stereocenters. The van der Waals surface area contributed by atoms with E-state index in [0.29, 0.717) is 25.0 Å². The third-order valence-electron chi connectivity index (χ3n) is 6.05. The van der Waals surface area contributed by atoms with Crippen molar-refractivity contribution in [2.75, 3.05) is 19.8 Å². The number of ether oxygens (including phenoxy) is 2. The molecule has 2 N–H and O–H groups in total. The van der Waals surface area contributed by atoms with Gasteiger partial charge in [-0.2, -0.15) is 0 Å². The van der Waals surface area contributed by atoms with Gasteiger partial charge in [0, 0.05) is 23.7 Å². The van der Waals surface area contributed by atoms with Crippen LogP contribution in [0.25, 0.3) is 0 Å². The number of fused-ring (bicyclic) bond motifs is 1. The van der Waals surface area contributed by atoms with Gasteiger partial charge in [-0.25, -0.2) is 4.79 Å². The van der Waals surface area contributed by atoms with Crippen molar-refractivity contribution >= 4 is 17.8 Å². The minimum absolute atomic E-state index is 0.0857. The molecular formula is C25H36N2O6. The molecule has 1 fully saturated rings. The van der Waals surface area contributed by atoms with Crippen molar-refractivity contribution in [3.63, 3.8) is 0 Å². The summed E-state index contributed by atoms with van der Waals surface area (Å²) in [5, 5.41) is 13.5. The predicted molar refractivity (Wildman–Crippen MR) is 123 cm³/mol. The number of nitrogens with one attached hydrogen (secondary N) is 1. The lowest BCUT2D eigenvalue weighted by Gasteiger charge is -2.48. The first kappa shape index (κ1) is 25.3. The lowest BCUT2D eigenvalue weighted by molar-refractivity contribution is -0.0112. The minimum atomic E-state index is -0.925. The summed E-state index contributed by atoms with van der Waals surface area (Å²) >= 11 is 0.